The predicted molar refractivity (Wildman–Crippen MR) is 108 cm³/mol. The number of amides is 3. The van der Waals surface area contributed by atoms with E-state index < -0.39 is 0 Å². The third-order valence-corrected chi connectivity index (χ3v) is 5.99. The van der Waals surface area contributed by atoms with Crippen LogP contribution in [0.1, 0.15) is 22.5 Å². The van der Waals surface area contributed by atoms with Gasteiger partial charge in [-0.3, -0.25) is 14.4 Å². The number of hydrogen-bond donors (Lipinski definition) is 1. The highest BCUT2D eigenvalue weighted by atomic mass is 35.5. The van der Waals surface area contributed by atoms with Crippen molar-refractivity contribution in [3.05, 3.63) is 63.5 Å². The number of carbonyl (C=O) groups is 3. The van der Waals surface area contributed by atoms with Gasteiger partial charge < -0.3 is 10.2 Å². The molecular weight excluding hydrogens is 398 g/mol. The number of hydrogen-bond acceptors (Lipinski definition) is 5. The molecule has 2 aliphatic rings. The maximum Gasteiger partial charge on any atom is 0.281 e. The lowest BCUT2D eigenvalue weighted by molar-refractivity contribution is -0.120. The topological polar surface area (TPSA) is 69.7 Å². The van der Waals surface area contributed by atoms with Crippen molar-refractivity contribution >= 4 is 46.3 Å². The van der Waals surface area contributed by atoms with E-state index in [2.05, 4.69) is 5.32 Å². The molecule has 1 aromatic heterocycles. The number of carbonyl (C=O) groups excluding carboxylic acids is 3. The molecule has 1 saturated heterocycles. The number of piperidine rings is 1. The van der Waals surface area contributed by atoms with E-state index in [0.29, 0.717) is 29.5 Å². The van der Waals surface area contributed by atoms with Gasteiger partial charge in [-0.15, -0.1) is 11.3 Å². The quantitative estimate of drug-likeness (QED) is 0.779. The van der Waals surface area contributed by atoms with Crippen molar-refractivity contribution in [2.24, 2.45) is 0 Å². The van der Waals surface area contributed by atoms with Crippen LogP contribution in [0.4, 0.5) is 5.69 Å². The molecule has 8 heteroatoms. The molecule has 144 valence electrons. The highest BCUT2D eigenvalue weighted by Gasteiger charge is 2.34. The molecule has 2 aliphatic heterocycles. The number of nitrogens with zero attached hydrogens (tertiary/aromatic N) is 2. The van der Waals surface area contributed by atoms with Crippen molar-refractivity contribution in [3.8, 4) is 0 Å². The van der Waals surface area contributed by atoms with Crippen LogP contribution in [-0.4, -0.2) is 41.8 Å². The fourth-order valence-electron chi connectivity index (χ4n) is 3.41. The summed E-state index contributed by atoms with van der Waals surface area (Å²) in [5, 5.41) is 5.62. The van der Waals surface area contributed by atoms with E-state index in [9.17, 15) is 14.4 Å². The summed E-state index contributed by atoms with van der Waals surface area (Å²) in [6.45, 7) is 1.23. The molecule has 0 radical (unpaired) electrons. The van der Waals surface area contributed by atoms with E-state index in [0.717, 1.165) is 22.6 Å². The number of likely N-dealkylation sites (tertiary alicyclic amines) is 1. The largest absolute Gasteiger partial charge is 0.378 e. The first-order valence-corrected chi connectivity index (χ1v) is 10.2. The van der Waals surface area contributed by atoms with Crippen LogP contribution in [0.2, 0.25) is 5.02 Å². The molecule has 6 nitrogen and oxygen atoms in total. The number of halogens is 1. The average molecular weight is 416 g/mol. The van der Waals surface area contributed by atoms with Crippen molar-refractivity contribution in [2.75, 3.05) is 18.0 Å². The molecule has 1 fully saturated rings. The number of anilines is 1. The lowest BCUT2D eigenvalue weighted by Crippen LogP contribution is -2.45. The van der Waals surface area contributed by atoms with E-state index in [4.69, 9.17) is 11.6 Å². The molecule has 3 heterocycles. The Morgan fingerprint density at radius 1 is 1.11 bits per heavy atom. The maximum absolute atomic E-state index is 12.7. The first kappa shape index (κ1) is 18.7. The van der Waals surface area contributed by atoms with Crippen molar-refractivity contribution in [1.29, 1.82) is 0 Å². The monoisotopic (exact) mass is 415 g/mol. The Hall–Kier alpha value is -2.64. The van der Waals surface area contributed by atoms with Crippen LogP contribution in [0.15, 0.2) is 53.6 Å². The lowest BCUT2D eigenvalue weighted by atomic mass is 10.0. The Bertz CT molecular complexity index is 932. The van der Waals surface area contributed by atoms with Gasteiger partial charge in [0, 0.05) is 30.2 Å². The molecule has 28 heavy (non-hydrogen) atoms. The van der Waals surface area contributed by atoms with Gasteiger partial charge in [0.2, 0.25) is 0 Å². The molecule has 2 aromatic rings. The molecule has 1 aromatic carbocycles. The van der Waals surface area contributed by atoms with Crippen LogP contribution < -0.4 is 10.2 Å². The minimum Gasteiger partial charge on any atom is -0.378 e. The predicted octanol–water partition coefficient (Wildman–Crippen LogP) is 3.05. The highest BCUT2D eigenvalue weighted by Crippen LogP contribution is 2.24. The molecule has 4 rings (SSSR count). The van der Waals surface area contributed by atoms with Crippen molar-refractivity contribution in [1.82, 2.24) is 10.2 Å². The first-order valence-electron chi connectivity index (χ1n) is 8.98. The number of nitrogens with one attached hydrogen (secondary N) is 1. The van der Waals surface area contributed by atoms with Gasteiger partial charge in [-0.25, -0.2) is 4.90 Å². The van der Waals surface area contributed by atoms with Gasteiger partial charge in [0.25, 0.3) is 17.7 Å². The number of thiophene rings is 1. The highest BCUT2D eigenvalue weighted by molar-refractivity contribution is 7.12. The Morgan fingerprint density at radius 3 is 2.46 bits per heavy atom. The number of imide groups is 1. The maximum atomic E-state index is 12.7. The molecule has 0 spiro atoms. The van der Waals surface area contributed by atoms with E-state index in [-0.39, 0.29) is 23.8 Å². The van der Waals surface area contributed by atoms with E-state index in [1.165, 1.54) is 17.4 Å². The Balaban J connectivity index is 1.36. The summed E-state index contributed by atoms with van der Waals surface area (Å²) in [6.07, 6.45) is 2.77. The van der Waals surface area contributed by atoms with Crippen LogP contribution in [0, 0.1) is 0 Å². The van der Waals surface area contributed by atoms with Gasteiger partial charge in [0.05, 0.1) is 10.6 Å². The van der Waals surface area contributed by atoms with Gasteiger partial charge >= 0.3 is 0 Å². The minimum absolute atomic E-state index is 0.0422. The van der Waals surface area contributed by atoms with E-state index in [1.54, 1.807) is 24.3 Å². The van der Waals surface area contributed by atoms with Gasteiger partial charge in [-0.05, 0) is 48.6 Å². The smallest absolute Gasteiger partial charge is 0.281 e. The molecule has 3 amide bonds. The zero-order valence-corrected chi connectivity index (χ0v) is 16.5. The SMILES string of the molecule is O=C(c1cccs1)N1CCC(NC2=CC(=O)N(c3ccc(Cl)cc3)C2=O)CC1. The van der Waals surface area contributed by atoms with Crippen molar-refractivity contribution < 1.29 is 14.4 Å². The molecule has 0 unspecified atom stereocenters. The van der Waals surface area contributed by atoms with Crippen molar-refractivity contribution in [3.63, 3.8) is 0 Å². The zero-order chi connectivity index (χ0) is 19.7. The molecule has 0 bridgehead atoms. The second-order valence-corrected chi connectivity index (χ2v) is 8.09. The molecule has 0 aliphatic carbocycles. The first-order chi connectivity index (χ1) is 13.5. The molecule has 0 saturated carbocycles. The Morgan fingerprint density at radius 2 is 1.82 bits per heavy atom. The van der Waals surface area contributed by atoms with Crippen LogP contribution in [0.25, 0.3) is 0 Å². The minimum atomic E-state index is -0.375. The summed E-state index contributed by atoms with van der Waals surface area (Å²) in [6, 6.07) is 10.3. The number of benzene rings is 1. The fourth-order valence-corrected chi connectivity index (χ4v) is 4.23. The van der Waals surface area contributed by atoms with Crippen molar-refractivity contribution in [2.45, 2.75) is 18.9 Å². The second-order valence-electron chi connectivity index (χ2n) is 6.70. The second kappa shape index (κ2) is 7.77. The Kier molecular flexibility index (Phi) is 5.19. The summed E-state index contributed by atoms with van der Waals surface area (Å²) >= 11 is 7.31. The zero-order valence-electron chi connectivity index (χ0n) is 14.9. The average Bonchev–Trinajstić information content (AvgIpc) is 3.32. The van der Waals surface area contributed by atoms with Gasteiger partial charge in [0.15, 0.2) is 0 Å². The van der Waals surface area contributed by atoms with Crippen LogP contribution in [-0.2, 0) is 9.59 Å². The third kappa shape index (κ3) is 3.68. The Labute approximate surface area is 171 Å². The molecular formula is C20H18ClN3O3S. The summed E-state index contributed by atoms with van der Waals surface area (Å²) in [7, 11) is 0. The normalized spacial score (nSPS) is 17.8. The lowest BCUT2D eigenvalue weighted by Gasteiger charge is -2.32. The van der Waals surface area contributed by atoms with Crippen LogP contribution in [0.3, 0.4) is 0 Å². The molecule has 0 atom stereocenters. The number of rotatable bonds is 4. The third-order valence-electron chi connectivity index (χ3n) is 4.88. The summed E-state index contributed by atoms with van der Waals surface area (Å²) in [5.41, 5.74) is 0.784. The summed E-state index contributed by atoms with van der Waals surface area (Å²) < 4.78 is 0. The summed E-state index contributed by atoms with van der Waals surface area (Å²) in [4.78, 5) is 41.1. The summed E-state index contributed by atoms with van der Waals surface area (Å²) in [5.74, 6) is -0.696. The standard InChI is InChI=1S/C20H18ClN3O3S/c21-13-3-5-15(6-4-13)24-18(25)12-16(19(24)26)22-14-7-9-23(10-8-14)20(27)17-2-1-11-28-17/h1-6,11-12,14,22H,7-10H2. The van der Waals surface area contributed by atoms with E-state index >= 15 is 0 Å². The van der Waals surface area contributed by atoms with Gasteiger partial charge in [0.1, 0.15) is 5.70 Å². The van der Waals surface area contributed by atoms with Crippen LogP contribution >= 0.6 is 22.9 Å². The van der Waals surface area contributed by atoms with Gasteiger partial charge in [-0.2, -0.15) is 0 Å². The van der Waals surface area contributed by atoms with Gasteiger partial charge in [-0.1, -0.05) is 17.7 Å². The fraction of sp³-hybridized carbons (Fsp3) is 0.250. The van der Waals surface area contributed by atoms with Crippen LogP contribution in [0.5, 0.6) is 0 Å². The van der Waals surface area contributed by atoms with E-state index in [1.807, 2.05) is 22.4 Å². The molecule has 1 N–H and O–H groups in total.